The summed E-state index contributed by atoms with van der Waals surface area (Å²) in [6.45, 7) is 1.45. The highest BCUT2D eigenvalue weighted by atomic mass is 35.5. The zero-order valence-electron chi connectivity index (χ0n) is 17.8. The highest BCUT2D eigenvalue weighted by Crippen LogP contribution is 2.32. The fraction of sp³-hybridized carbons (Fsp3) is 0.174. The monoisotopic (exact) mass is 474 g/mol. The molecular weight excluding hydrogens is 452 g/mol. The Hall–Kier alpha value is -3.23. The molecule has 0 spiro atoms. The summed E-state index contributed by atoms with van der Waals surface area (Å²) >= 11 is 5.97. The van der Waals surface area contributed by atoms with E-state index in [0.717, 1.165) is 9.87 Å². The van der Waals surface area contributed by atoms with Gasteiger partial charge in [0.1, 0.15) is 6.54 Å². The number of hydrogen-bond donors (Lipinski definition) is 1. The fourth-order valence-electron chi connectivity index (χ4n) is 3.03. The summed E-state index contributed by atoms with van der Waals surface area (Å²) < 4.78 is 38.6. The third-order valence-electron chi connectivity index (χ3n) is 4.66. The minimum Gasteiger partial charge on any atom is -0.493 e. The van der Waals surface area contributed by atoms with E-state index in [1.807, 2.05) is 6.92 Å². The molecule has 0 aliphatic heterocycles. The van der Waals surface area contributed by atoms with Crippen molar-refractivity contribution in [2.24, 2.45) is 0 Å². The highest BCUT2D eigenvalue weighted by molar-refractivity contribution is 7.92. The number of carbonyl (C=O) groups excluding carboxylic acids is 1. The van der Waals surface area contributed by atoms with Gasteiger partial charge in [-0.2, -0.15) is 0 Å². The van der Waals surface area contributed by atoms with Crippen molar-refractivity contribution >= 4 is 38.9 Å². The Bertz CT molecular complexity index is 1210. The van der Waals surface area contributed by atoms with Gasteiger partial charge in [-0.25, -0.2) is 8.42 Å². The van der Waals surface area contributed by atoms with Crippen LogP contribution in [0.1, 0.15) is 5.56 Å². The maximum absolute atomic E-state index is 13.6. The van der Waals surface area contributed by atoms with E-state index in [9.17, 15) is 13.2 Å². The normalized spacial score (nSPS) is 11.0. The lowest BCUT2D eigenvalue weighted by atomic mass is 10.2. The summed E-state index contributed by atoms with van der Waals surface area (Å²) in [6.07, 6.45) is 0. The van der Waals surface area contributed by atoms with Gasteiger partial charge in [0.25, 0.3) is 10.0 Å². The molecule has 0 aliphatic carbocycles. The fourth-order valence-corrected chi connectivity index (χ4v) is 4.65. The second kappa shape index (κ2) is 9.93. The third-order valence-corrected chi connectivity index (χ3v) is 6.67. The largest absolute Gasteiger partial charge is 0.493 e. The number of amides is 1. The first-order valence-electron chi connectivity index (χ1n) is 9.61. The summed E-state index contributed by atoms with van der Waals surface area (Å²) in [4.78, 5) is 12.7. The summed E-state index contributed by atoms with van der Waals surface area (Å²) in [5, 5.41) is 3.14. The second-order valence-corrected chi connectivity index (χ2v) is 9.22. The van der Waals surface area contributed by atoms with E-state index < -0.39 is 22.5 Å². The molecule has 3 rings (SSSR count). The number of carbonyl (C=O) groups is 1. The van der Waals surface area contributed by atoms with Gasteiger partial charge in [0.05, 0.1) is 24.8 Å². The molecule has 0 bridgehead atoms. The number of rotatable bonds is 8. The van der Waals surface area contributed by atoms with Crippen LogP contribution in [0.2, 0.25) is 5.02 Å². The van der Waals surface area contributed by atoms with Crippen molar-refractivity contribution in [3.05, 3.63) is 77.3 Å². The second-order valence-electron chi connectivity index (χ2n) is 6.92. The van der Waals surface area contributed by atoms with Crippen LogP contribution < -0.4 is 19.1 Å². The SMILES string of the molecule is COc1ccc(S(=O)(=O)N(CC(=O)Nc2cccc(Cl)c2)c2ccc(C)cc2)cc1OC. The zero-order chi connectivity index (χ0) is 23.3. The Labute approximate surface area is 192 Å². The van der Waals surface area contributed by atoms with Crippen molar-refractivity contribution in [3.63, 3.8) is 0 Å². The van der Waals surface area contributed by atoms with Crippen LogP contribution in [-0.4, -0.2) is 35.1 Å². The number of anilines is 2. The Kier molecular flexibility index (Phi) is 7.27. The average molecular weight is 475 g/mol. The van der Waals surface area contributed by atoms with Crippen LogP contribution in [0, 0.1) is 6.92 Å². The number of nitrogens with zero attached hydrogens (tertiary/aromatic N) is 1. The van der Waals surface area contributed by atoms with Gasteiger partial charge in [-0.1, -0.05) is 35.4 Å². The van der Waals surface area contributed by atoms with Gasteiger partial charge in [-0.3, -0.25) is 9.10 Å². The molecule has 3 aromatic carbocycles. The third kappa shape index (κ3) is 5.33. The molecule has 32 heavy (non-hydrogen) atoms. The first-order chi connectivity index (χ1) is 15.2. The molecule has 0 heterocycles. The first-order valence-corrected chi connectivity index (χ1v) is 11.4. The molecule has 0 saturated heterocycles. The molecule has 1 N–H and O–H groups in total. The Balaban J connectivity index is 1.98. The predicted octanol–water partition coefficient (Wildman–Crippen LogP) is 4.50. The first kappa shape index (κ1) is 23.4. The molecule has 9 heteroatoms. The molecule has 7 nitrogen and oxygen atoms in total. The summed E-state index contributed by atoms with van der Waals surface area (Å²) in [7, 11) is -1.23. The van der Waals surface area contributed by atoms with Crippen LogP contribution in [0.5, 0.6) is 11.5 Å². The lowest BCUT2D eigenvalue weighted by Gasteiger charge is -2.24. The van der Waals surface area contributed by atoms with Gasteiger partial charge in [-0.05, 0) is 49.4 Å². The lowest BCUT2D eigenvalue weighted by molar-refractivity contribution is -0.114. The predicted molar refractivity (Wildman–Crippen MR) is 125 cm³/mol. The Morgan fingerprint density at radius 2 is 1.66 bits per heavy atom. The lowest BCUT2D eigenvalue weighted by Crippen LogP contribution is -2.38. The van der Waals surface area contributed by atoms with E-state index in [1.165, 1.54) is 32.4 Å². The average Bonchev–Trinajstić information content (AvgIpc) is 2.77. The molecule has 0 fully saturated rings. The molecule has 0 atom stereocenters. The number of benzene rings is 3. The van der Waals surface area contributed by atoms with Crippen LogP contribution >= 0.6 is 11.6 Å². The molecule has 168 valence electrons. The van der Waals surface area contributed by atoms with E-state index in [-0.39, 0.29) is 10.6 Å². The molecule has 0 aliphatic rings. The van der Waals surface area contributed by atoms with Crippen molar-refractivity contribution in [3.8, 4) is 11.5 Å². The van der Waals surface area contributed by atoms with E-state index in [1.54, 1.807) is 48.5 Å². The van der Waals surface area contributed by atoms with E-state index >= 15 is 0 Å². The van der Waals surface area contributed by atoms with Gasteiger partial charge in [-0.15, -0.1) is 0 Å². The molecule has 0 radical (unpaired) electrons. The van der Waals surface area contributed by atoms with Crippen LogP contribution in [0.15, 0.2) is 71.6 Å². The summed E-state index contributed by atoms with van der Waals surface area (Å²) in [6, 6.07) is 17.8. The van der Waals surface area contributed by atoms with Crippen LogP contribution in [-0.2, 0) is 14.8 Å². The smallest absolute Gasteiger partial charge is 0.264 e. The van der Waals surface area contributed by atoms with Crippen molar-refractivity contribution in [1.82, 2.24) is 0 Å². The number of aryl methyl sites for hydroxylation is 1. The molecule has 0 aromatic heterocycles. The number of halogens is 1. The van der Waals surface area contributed by atoms with Gasteiger partial charge < -0.3 is 14.8 Å². The van der Waals surface area contributed by atoms with Crippen LogP contribution in [0.25, 0.3) is 0 Å². The Morgan fingerprint density at radius 1 is 0.969 bits per heavy atom. The summed E-state index contributed by atoms with van der Waals surface area (Å²) in [5.41, 5.74) is 1.78. The molecular formula is C23H23ClN2O5S. The number of nitrogens with one attached hydrogen (secondary N) is 1. The quantitative estimate of drug-likeness (QED) is 0.519. The van der Waals surface area contributed by atoms with E-state index in [4.69, 9.17) is 21.1 Å². The summed E-state index contributed by atoms with van der Waals surface area (Å²) in [5.74, 6) is 0.143. The number of hydrogen-bond acceptors (Lipinski definition) is 5. The zero-order valence-corrected chi connectivity index (χ0v) is 19.4. The number of ether oxygens (including phenoxy) is 2. The molecule has 0 unspecified atom stereocenters. The van der Waals surface area contributed by atoms with Gasteiger partial charge in [0.2, 0.25) is 5.91 Å². The van der Waals surface area contributed by atoms with Gasteiger partial charge >= 0.3 is 0 Å². The topological polar surface area (TPSA) is 84.9 Å². The van der Waals surface area contributed by atoms with Gasteiger partial charge in [0.15, 0.2) is 11.5 Å². The van der Waals surface area contributed by atoms with Crippen LogP contribution in [0.4, 0.5) is 11.4 Å². The van der Waals surface area contributed by atoms with Crippen molar-refractivity contribution in [1.29, 1.82) is 0 Å². The van der Waals surface area contributed by atoms with Crippen molar-refractivity contribution in [2.75, 3.05) is 30.4 Å². The maximum atomic E-state index is 13.6. The molecule has 1 amide bonds. The Morgan fingerprint density at radius 3 is 2.28 bits per heavy atom. The van der Waals surface area contributed by atoms with E-state index in [0.29, 0.717) is 22.1 Å². The van der Waals surface area contributed by atoms with Crippen molar-refractivity contribution < 1.29 is 22.7 Å². The minimum absolute atomic E-state index is 0.0359. The minimum atomic E-state index is -4.11. The maximum Gasteiger partial charge on any atom is 0.264 e. The van der Waals surface area contributed by atoms with Crippen molar-refractivity contribution in [2.45, 2.75) is 11.8 Å². The molecule has 3 aromatic rings. The molecule has 0 saturated carbocycles. The number of sulfonamides is 1. The highest BCUT2D eigenvalue weighted by Gasteiger charge is 2.28. The number of methoxy groups -OCH3 is 2. The van der Waals surface area contributed by atoms with Crippen LogP contribution in [0.3, 0.4) is 0 Å². The van der Waals surface area contributed by atoms with Gasteiger partial charge in [0, 0.05) is 16.8 Å². The van der Waals surface area contributed by atoms with E-state index in [2.05, 4.69) is 5.32 Å². The standard InChI is InChI=1S/C23H23ClN2O5S/c1-16-7-9-19(10-8-16)26(15-23(27)25-18-6-4-5-17(24)13-18)32(28,29)20-11-12-21(30-2)22(14-20)31-3/h4-14H,15H2,1-3H3,(H,25,27).